The van der Waals surface area contributed by atoms with Crippen molar-refractivity contribution in [1.82, 2.24) is 4.31 Å². The van der Waals surface area contributed by atoms with Gasteiger partial charge < -0.3 is 10.5 Å². The van der Waals surface area contributed by atoms with Gasteiger partial charge in [0.25, 0.3) is 0 Å². The van der Waals surface area contributed by atoms with Crippen LogP contribution in [0.3, 0.4) is 0 Å². The molecule has 2 unspecified atom stereocenters. The molecule has 20 heavy (non-hydrogen) atoms. The number of halogens is 1. The van der Waals surface area contributed by atoms with Gasteiger partial charge in [0, 0.05) is 23.8 Å². The molecule has 2 rings (SSSR count). The van der Waals surface area contributed by atoms with Gasteiger partial charge >= 0.3 is 0 Å². The van der Waals surface area contributed by atoms with Crippen molar-refractivity contribution in [3.63, 3.8) is 0 Å². The van der Waals surface area contributed by atoms with Gasteiger partial charge in [0.05, 0.1) is 17.1 Å². The summed E-state index contributed by atoms with van der Waals surface area (Å²) < 4.78 is 32.5. The van der Waals surface area contributed by atoms with Crippen LogP contribution in [0.15, 0.2) is 17.0 Å². The zero-order valence-corrected chi connectivity index (χ0v) is 13.3. The van der Waals surface area contributed by atoms with E-state index in [4.69, 9.17) is 22.1 Å². The maximum atomic E-state index is 12.8. The highest BCUT2D eigenvalue weighted by molar-refractivity contribution is 7.89. The van der Waals surface area contributed by atoms with Crippen LogP contribution in [0, 0.1) is 6.92 Å². The molecule has 5 nitrogen and oxygen atoms in total. The third kappa shape index (κ3) is 2.93. The van der Waals surface area contributed by atoms with E-state index in [2.05, 4.69) is 0 Å². The molecule has 0 saturated carbocycles. The Morgan fingerprint density at radius 2 is 1.85 bits per heavy atom. The summed E-state index contributed by atoms with van der Waals surface area (Å²) in [5.74, 6) is 0. The molecule has 0 spiro atoms. The Kier molecular flexibility index (Phi) is 4.30. The van der Waals surface area contributed by atoms with Crippen molar-refractivity contribution in [2.45, 2.75) is 37.9 Å². The molecule has 7 heteroatoms. The average Bonchev–Trinajstić information content (AvgIpc) is 2.32. The molecule has 0 radical (unpaired) electrons. The molecule has 1 aliphatic heterocycles. The normalized spacial score (nSPS) is 24.8. The van der Waals surface area contributed by atoms with E-state index in [-0.39, 0.29) is 17.1 Å². The number of anilines is 1. The summed E-state index contributed by atoms with van der Waals surface area (Å²) in [5, 5.41) is 0.320. The van der Waals surface area contributed by atoms with Gasteiger partial charge in [0.1, 0.15) is 0 Å². The first-order chi connectivity index (χ1) is 9.21. The number of nitrogens with zero attached hydrogens (tertiary/aromatic N) is 1. The number of morpholine rings is 1. The number of rotatable bonds is 2. The summed E-state index contributed by atoms with van der Waals surface area (Å²) in [6.45, 7) is 6.07. The minimum absolute atomic E-state index is 0.134. The van der Waals surface area contributed by atoms with Crippen molar-refractivity contribution in [1.29, 1.82) is 0 Å². The SMILES string of the molecule is Cc1c(N)cc(Cl)cc1S(=O)(=O)N1CC(C)OC(C)C1. The van der Waals surface area contributed by atoms with Crippen molar-refractivity contribution in [3.05, 3.63) is 22.7 Å². The van der Waals surface area contributed by atoms with E-state index in [9.17, 15) is 8.42 Å². The first-order valence-corrected chi connectivity index (χ1v) is 8.25. The number of ether oxygens (including phenoxy) is 1. The van der Waals surface area contributed by atoms with E-state index in [0.717, 1.165) is 0 Å². The van der Waals surface area contributed by atoms with Gasteiger partial charge in [-0.1, -0.05) is 11.6 Å². The van der Waals surface area contributed by atoms with Gasteiger partial charge in [-0.3, -0.25) is 0 Å². The summed E-state index contributed by atoms with van der Waals surface area (Å²) in [5.41, 5.74) is 6.72. The van der Waals surface area contributed by atoms with Crippen LogP contribution >= 0.6 is 11.6 Å². The van der Waals surface area contributed by atoms with E-state index in [1.165, 1.54) is 10.4 Å². The Bertz CT molecular complexity index is 608. The molecule has 0 bridgehead atoms. The fourth-order valence-electron chi connectivity index (χ4n) is 2.41. The van der Waals surface area contributed by atoms with Gasteiger partial charge in [-0.25, -0.2) is 8.42 Å². The molecular weight excluding hydrogens is 300 g/mol. The van der Waals surface area contributed by atoms with Crippen molar-refractivity contribution in [3.8, 4) is 0 Å². The molecule has 0 amide bonds. The Morgan fingerprint density at radius 1 is 1.30 bits per heavy atom. The predicted molar refractivity (Wildman–Crippen MR) is 79.4 cm³/mol. The number of benzene rings is 1. The second-order valence-corrected chi connectivity index (χ2v) is 7.54. The lowest BCUT2D eigenvalue weighted by Gasteiger charge is -2.34. The Morgan fingerprint density at radius 3 is 2.40 bits per heavy atom. The maximum absolute atomic E-state index is 12.8. The fourth-order valence-corrected chi connectivity index (χ4v) is 4.57. The largest absolute Gasteiger partial charge is 0.398 e. The highest BCUT2D eigenvalue weighted by Gasteiger charge is 2.33. The van der Waals surface area contributed by atoms with Crippen LogP contribution in [0.1, 0.15) is 19.4 Å². The van der Waals surface area contributed by atoms with Crippen LogP contribution in [0.2, 0.25) is 5.02 Å². The van der Waals surface area contributed by atoms with Gasteiger partial charge in [-0.2, -0.15) is 4.31 Å². The Hall–Kier alpha value is -0.820. The first-order valence-electron chi connectivity index (χ1n) is 6.43. The number of hydrogen-bond acceptors (Lipinski definition) is 4. The van der Waals surface area contributed by atoms with Crippen molar-refractivity contribution in [2.24, 2.45) is 0 Å². The lowest BCUT2D eigenvalue weighted by molar-refractivity contribution is -0.0440. The quantitative estimate of drug-likeness (QED) is 0.847. The lowest BCUT2D eigenvalue weighted by atomic mass is 10.2. The van der Waals surface area contributed by atoms with E-state index in [0.29, 0.717) is 29.4 Å². The smallest absolute Gasteiger partial charge is 0.243 e. The summed E-state index contributed by atoms with van der Waals surface area (Å²) in [7, 11) is -3.61. The van der Waals surface area contributed by atoms with Gasteiger partial charge in [-0.05, 0) is 38.5 Å². The molecule has 0 aromatic heterocycles. The molecule has 1 saturated heterocycles. The lowest BCUT2D eigenvalue weighted by Crippen LogP contribution is -2.48. The average molecular weight is 319 g/mol. The van der Waals surface area contributed by atoms with E-state index in [1.54, 1.807) is 13.0 Å². The molecule has 1 aromatic rings. The summed E-state index contributed by atoms with van der Waals surface area (Å²) in [4.78, 5) is 0.170. The third-order valence-corrected chi connectivity index (χ3v) is 5.54. The zero-order valence-electron chi connectivity index (χ0n) is 11.8. The minimum atomic E-state index is -3.61. The highest BCUT2D eigenvalue weighted by Crippen LogP contribution is 2.29. The van der Waals surface area contributed by atoms with E-state index < -0.39 is 10.0 Å². The zero-order chi connectivity index (χ0) is 15.1. The van der Waals surface area contributed by atoms with Crippen molar-refractivity contribution >= 4 is 27.3 Å². The Balaban J connectivity index is 2.45. The van der Waals surface area contributed by atoms with E-state index in [1.807, 2.05) is 13.8 Å². The molecule has 112 valence electrons. The number of sulfonamides is 1. The van der Waals surface area contributed by atoms with Gasteiger partial charge in [0.2, 0.25) is 10.0 Å². The maximum Gasteiger partial charge on any atom is 0.243 e. The minimum Gasteiger partial charge on any atom is -0.398 e. The highest BCUT2D eigenvalue weighted by atomic mass is 35.5. The predicted octanol–water partition coefficient (Wildman–Crippen LogP) is 2.03. The molecule has 2 atom stereocenters. The molecule has 0 aliphatic carbocycles. The number of nitrogens with two attached hydrogens (primary N) is 1. The van der Waals surface area contributed by atoms with Crippen molar-refractivity contribution < 1.29 is 13.2 Å². The van der Waals surface area contributed by atoms with Crippen molar-refractivity contribution in [2.75, 3.05) is 18.8 Å². The summed E-state index contributed by atoms with van der Waals surface area (Å²) in [6.07, 6.45) is -0.268. The summed E-state index contributed by atoms with van der Waals surface area (Å²) >= 11 is 5.94. The van der Waals surface area contributed by atoms with Gasteiger partial charge in [-0.15, -0.1) is 0 Å². The fraction of sp³-hybridized carbons (Fsp3) is 0.538. The van der Waals surface area contributed by atoms with E-state index >= 15 is 0 Å². The monoisotopic (exact) mass is 318 g/mol. The molecule has 1 heterocycles. The van der Waals surface area contributed by atoms with Crippen LogP contribution in [-0.4, -0.2) is 38.0 Å². The topological polar surface area (TPSA) is 72.6 Å². The number of hydrogen-bond donors (Lipinski definition) is 1. The Labute approximate surface area is 124 Å². The summed E-state index contributed by atoms with van der Waals surface area (Å²) in [6, 6.07) is 3.01. The molecule has 1 fully saturated rings. The van der Waals surface area contributed by atoms with Crippen LogP contribution in [0.4, 0.5) is 5.69 Å². The van der Waals surface area contributed by atoms with Crippen LogP contribution < -0.4 is 5.73 Å². The second kappa shape index (κ2) is 5.52. The number of nitrogen functional groups attached to an aromatic ring is 1. The van der Waals surface area contributed by atoms with Crippen LogP contribution in [0.5, 0.6) is 0 Å². The molecule has 1 aromatic carbocycles. The second-order valence-electron chi connectivity index (χ2n) is 5.20. The molecular formula is C13H19ClN2O3S. The standard InChI is InChI=1S/C13H19ClN2O3S/c1-8-6-16(7-9(2)19-8)20(17,18)13-5-11(14)4-12(15)10(13)3/h4-5,8-9H,6-7,15H2,1-3H3. The first kappa shape index (κ1) is 15.6. The third-order valence-electron chi connectivity index (χ3n) is 3.37. The van der Waals surface area contributed by atoms with Crippen LogP contribution in [0.25, 0.3) is 0 Å². The molecule has 1 aliphatic rings. The van der Waals surface area contributed by atoms with Gasteiger partial charge in [0.15, 0.2) is 0 Å². The van der Waals surface area contributed by atoms with Crippen LogP contribution in [-0.2, 0) is 14.8 Å². The molecule has 2 N–H and O–H groups in total.